The summed E-state index contributed by atoms with van der Waals surface area (Å²) in [4.78, 5) is 25.3. The second-order valence-corrected chi connectivity index (χ2v) is 12.7. The minimum Gasteiger partial charge on any atom is -0.476 e. The molecule has 5 rings (SSSR count). The SMILES string of the molecule is CN(C)CCOc1ccc2nc(NC(=O)C(=NN3CCCC3)c3ccc(S(=O)(=O)C4CC4)cc3)sc2n1. The molecule has 3 heterocycles. The number of aromatic nitrogens is 2. The Balaban J connectivity index is 1.35. The van der Waals surface area contributed by atoms with E-state index in [1.165, 1.54) is 11.3 Å². The number of anilines is 1. The molecular formula is C25H30N6O4S2. The van der Waals surface area contributed by atoms with Crippen molar-refractivity contribution in [2.75, 3.05) is 45.7 Å². The lowest BCUT2D eigenvalue weighted by atomic mass is 10.1. The molecule has 2 aliphatic rings. The molecule has 1 amide bonds. The van der Waals surface area contributed by atoms with Crippen LogP contribution in [0.5, 0.6) is 5.88 Å². The van der Waals surface area contributed by atoms with Gasteiger partial charge in [0.05, 0.1) is 10.1 Å². The maximum Gasteiger partial charge on any atom is 0.278 e. The van der Waals surface area contributed by atoms with Crippen molar-refractivity contribution in [1.82, 2.24) is 19.9 Å². The molecule has 10 nitrogen and oxygen atoms in total. The van der Waals surface area contributed by atoms with Gasteiger partial charge in [0.25, 0.3) is 5.91 Å². The van der Waals surface area contributed by atoms with Gasteiger partial charge in [-0.15, -0.1) is 0 Å². The summed E-state index contributed by atoms with van der Waals surface area (Å²) in [6.07, 6.45) is 3.43. The van der Waals surface area contributed by atoms with Crippen molar-refractivity contribution >= 4 is 48.3 Å². The van der Waals surface area contributed by atoms with E-state index in [-0.39, 0.29) is 15.9 Å². The molecule has 1 saturated heterocycles. The first kappa shape index (κ1) is 25.6. The van der Waals surface area contributed by atoms with E-state index in [1.54, 1.807) is 30.3 Å². The minimum atomic E-state index is -3.31. The van der Waals surface area contributed by atoms with Crippen LogP contribution in [0.15, 0.2) is 46.4 Å². The lowest BCUT2D eigenvalue weighted by Crippen LogP contribution is -2.27. The average Bonchev–Trinajstić information content (AvgIpc) is 3.48. The number of likely N-dealkylation sites (N-methyl/N-ethyl adjacent to an activating group) is 1. The van der Waals surface area contributed by atoms with Crippen molar-refractivity contribution in [3.05, 3.63) is 42.0 Å². The minimum absolute atomic E-state index is 0.220. The number of pyridine rings is 1. The number of benzene rings is 1. The van der Waals surface area contributed by atoms with Crippen LogP contribution in [-0.2, 0) is 14.6 Å². The fourth-order valence-corrected chi connectivity index (χ4v) is 6.45. The summed E-state index contributed by atoms with van der Waals surface area (Å²) in [5, 5.41) is 9.48. The molecule has 196 valence electrons. The van der Waals surface area contributed by atoms with E-state index in [4.69, 9.17) is 4.74 Å². The fourth-order valence-electron chi connectivity index (χ4n) is 3.97. The summed E-state index contributed by atoms with van der Waals surface area (Å²) in [5.74, 6) is 0.0969. The van der Waals surface area contributed by atoms with Gasteiger partial charge in [-0.25, -0.2) is 18.4 Å². The zero-order valence-corrected chi connectivity index (χ0v) is 22.5. The predicted molar refractivity (Wildman–Crippen MR) is 144 cm³/mol. The van der Waals surface area contributed by atoms with Gasteiger partial charge in [-0.2, -0.15) is 5.10 Å². The molecule has 2 aromatic heterocycles. The van der Waals surface area contributed by atoms with E-state index < -0.39 is 15.7 Å². The van der Waals surface area contributed by atoms with Gasteiger partial charge in [-0.1, -0.05) is 23.5 Å². The number of sulfone groups is 1. The Hall–Kier alpha value is -3.09. The number of hydrazone groups is 1. The predicted octanol–water partition coefficient (Wildman–Crippen LogP) is 3.01. The number of hydrogen-bond acceptors (Lipinski definition) is 10. The average molecular weight is 543 g/mol. The van der Waals surface area contributed by atoms with Crippen molar-refractivity contribution in [3.63, 3.8) is 0 Å². The van der Waals surface area contributed by atoms with Crippen molar-refractivity contribution in [3.8, 4) is 5.88 Å². The van der Waals surface area contributed by atoms with E-state index in [0.29, 0.717) is 46.4 Å². The van der Waals surface area contributed by atoms with Crippen molar-refractivity contribution in [1.29, 1.82) is 0 Å². The third-order valence-electron chi connectivity index (χ3n) is 6.20. The Labute approximate surface area is 220 Å². The second-order valence-electron chi connectivity index (χ2n) is 9.48. The zero-order valence-electron chi connectivity index (χ0n) is 20.9. The first-order chi connectivity index (χ1) is 17.8. The summed E-state index contributed by atoms with van der Waals surface area (Å²) in [6, 6.07) is 10.0. The third kappa shape index (κ3) is 6.08. The lowest BCUT2D eigenvalue weighted by Gasteiger charge is -2.14. The maximum absolute atomic E-state index is 13.4. The molecule has 12 heteroatoms. The van der Waals surface area contributed by atoms with Gasteiger partial charge >= 0.3 is 0 Å². The highest BCUT2D eigenvalue weighted by atomic mass is 32.2. The monoisotopic (exact) mass is 542 g/mol. The second kappa shape index (κ2) is 10.7. The molecule has 2 fully saturated rings. The standard InChI is InChI=1S/C25H30N6O4S2/c1-30(2)15-16-35-21-12-11-20-24(27-21)36-25(26-20)28-23(32)22(29-31-13-3-4-14-31)17-5-7-18(8-6-17)37(33,34)19-9-10-19/h5-8,11-12,19H,3-4,9-10,13-16H2,1-2H3,(H,26,28,32). The van der Waals surface area contributed by atoms with Crippen LogP contribution in [-0.4, -0.2) is 85.5 Å². The first-order valence-corrected chi connectivity index (χ1v) is 14.7. The van der Waals surface area contributed by atoms with Gasteiger partial charge < -0.3 is 9.64 Å². The number of thiazole rings is 1. The number of hydrogen-bond donors (Lipinski definition) is 1. The van der Waals surface area contributed by atoms with Gasteiger partial charge in [-0.05, 0) is 58.0 Å². The summed E-state index contributed by atoms with van der Waals surface area (Å²) in [7, 11) is 0.645. The highest BCUT2D eigenvalue weighted by Crippen LogP contribution is 2.33. The number of carbonyl (C=O) groups excluding carboxylic acids is 1. The molecule has 1 aromatic carbocycles. The summed E-state index contributed by atoms with van der Waals surface area (Å²) in [5.41, 5.74) is 1.43. The van der Waals surface area contributed by atoms with Gasteiger partial charge in [0.2, 0.25) is 5.88 Å². The van der Waals surface area contributed by atoms with E-state index in [0.717, 1.165) is 32.5 Å². The molecule has 0 bridgehead atoms. The van der Waals surface area contributed by atoms with Crippen LogP contribution in [0, 0.1) is 0 Å². The van der Waals surface area contributed by atoms with Crippen LogP contribution in [0.3, 0.4) is 0 Å². The Kier molecular flexibility index (Phi) is 7.40. The van der Waals surface area contributed by atoms with Crippen LogP contribution in [0.4, 0.5) is 5.13 Å². The maximum atomic E-state index is 13.4. The fraction of sp³-hybridized carbons (Fsp3) is 0.440. The molecule has 1 N–H and O–H groups in total. The Morgan fingerprint density at radius 1 is 1.14 bits per heavy atom. The number of fused-ring (bicyclic) bond motifs is 1. The van der Waals surface area contributed by atoms with Gasteiger partial charge in [0.15, 0.2) is 20.7 Å². The number of nitrogens with one attached hydrogen (secondary N) is 1. The molecule has 0 unspecified atom stereocenters. The van der Waals surface area contributed by atoms with E-state index >= 15 is 0 Å². The van der Waals surface area contributed by atoms with Gasteiger partial charge in [-0.3, -0.25) is 15.1 Å². The Morgan fingerprint density at radius 3 is 2.54 bits per heavy atom. The van der Waals surface area contributed by atoms with E-state index in [2.05, 4.69) is 20.4 Å². The summed E-state index contributed by atoms with van der Waals surface area (Å²) < 4.78 is 30.9. The highest BCUT2D eigenvalue weighted by Gasteiger charge is 2.36. The summed E-state index contributed by atoms with van der Waals surface area (Å²) >= 11 is 1.26. The zero-order chi connectivity index (χ0) is 26.0. The molecule has 1 aliphatic carbocycles. The van der Waals surface area contributed by atoms with Crippen LogP contribution in [0.1, 0.15) is 31.2 Å². The van der Waals surface area contributed by atoms with E-state index in [9.17, 15) is 13.2 Å². The van der Waals surface area contributed by atoms with Crippen LogP contribution < -0.4 is 10.1 Å². The molecule has 37 heavy (non-hydrogen) atoms. The number of amides is 1. The van der Waals surface area contributed by atoms with Crippen LogP contribution >= 0.6 is 11.3 Å². The quantitative estimate of drug-likeness (QED) is 0.389. The number of rotatable bonds is 10. The van der Waals surface area contributed by atoms with Crippen molar-refractivity contribution in [2.24, 2.45) is 5.10 Å². The number of nitrogens with zero attached hydrogens (tertiary/aromatic N) is 5. The number of carbonyl (C=O) groups is 1. The van der Waals surface area contributed by atoms with Crippen molar-refractivity contribution in [2.45, 2.75) is 35.8 Å². The topological polar surface area (TPSA) is 117 Å². The molecule has 1 aliphatic heterocycles. The van der Waals surface area contributed by atoms with Gasteiger partial charge in [0.1, 0.15) is 17.0 Å². The largest absolute Gasteiger partial charge is 0.476 e. The Bertz CT molecular complexity index is 1410. The molecule has 0 spiro atoms. The normalized spacial score (nSPS) is 16.5. The smallest absolute Gasteiger partial charge is 0.278 e. The Morgan fingerprint density at radius 2 is 1.86 bits per heavy atom. The van der Waals surface area contributed by atoms with Crippen LogP contribution in [0.2, 0.25) is 0 Å². The van der Waals surface area contributed by atoms with Crippen LogP contribution in [0.25, 0.3) is 10.3 Å². The highest BCUT2D eigenvalue weighted by molar-refractivity contribution is 7.92. The number of ether oxygens (including phenoxy) is 1. The first-order valence-electron chi connectivity index (χ1n) is 12.3. The molecule has 0 atom stereocenters. The molecule has 3 aromatic rings. The lowest BCUT2D eigenvalue weighted by molar-refractivity contribution is -0.110. The van der Waals surface area contributed by atoms with E-state index in [1.807, 2.05) is 30.1 Å². The third-order valence-corrected chi connectivity index (χ3v) is 9.36. The summed E-state index contributed by atoms with van der Waals surface area (Å²) in [6.45, 7) is 2.83. The molecular weight excluding hydrogens is 512 g/mol. The molecule has 0 radical (unpaired) electrons. The molecule has 1 saturated carbocycles. The van der Waals surface area contributed by atoms with Gasteiger partial charge in [0, 0.05) is 31.3 Å². The van der Waals surface area contributed by atoms with Crippen molar-refractivity contribution < 1.29 is 17.9 Å².